The minimum Gasteiger partial charge on any atom is -0.481 e. The van der Waals surface area contributed by atoms with E-state index >= 15 is 0 Å². The summed E-state index contributed by atoms with van der Waals surface area (Å²) in [5.41, 5.74) is 0. The number of halogens is 1. The van der Waals surface area contributed by atoms with Crippen molar-refractivity contribution >= 4 is 34.9 Å². The molecule has 20 heavy (non-hydrogen) atoms. The van der Waals surface area contributed by atoms with Gasteiger partial charge >= 0.3 is 12.0 Å². The second kappa shape index (κ2) is 6.45. The second-order valence-electron chi connectivity index (χ2n) is 4.91. The van der Waals surface area contributed by atoms with E-state index < -0.39 is 5.97 Å². The fraction of sp³-hybridized carbons (Fsp3) is 0.538. The van der Waals surface area contributed by atoms with Gasteiger partial charge in [0.2, 0.25) is 0 Å². The number of nitrogens with one attached hydrogen (secondary N) is 1. The Hall–Kier alpha value is -1.27. The van der Waals surface area contributed by atoms with Crippen molar-refractivity contribution < 1.29 is 14.7 Å². The summed E-state index contributed by atoms with van der Waals surface area (Å²) in [5.74, 6) is -1.10. The number of carboxylic acid groups (broad SMARTS) is 1. The highest BCUT2D eigenvalue weighted by Crippen LogP contribution is 2.27. The Bertz CT molecular complexity index is 498. The Morgan fingerprint density at radius 1 is 1.45 bits per heavy atom. The third-order valence-electron chi connectivity index (χ3n) is 3.49. The smallest absolute Gasteiger partial charge is 0.317 e. The van der Waals surface area contributed by atoms with Crippen molar-refractivity contribution in [3.8, 4) is 0 Å². The fourth-order valence-corrected chi connectivity index (χ4v) is 3.30. The lowest BCUT2D eigenvalue weighted by atomic mass is 9.97. The fourth-order valence-electron chi connectivity index (χ4n) is 2.24. The monoisotopic (exact) mass is 316 g/mol. The van der Waals surface area contributed by atoms with Crippen LogP contribution in [-0.4, -0.2) is 35.1 Å². The van der Waals surface area contributed by atoms with Crippen molar-refractivity contribution in [2.24, 2.45) is 5.92 Å². The summed E-state index contributed by atoms with van der Waals surface area (Å²) in [6.45, 7) is 2.88. The molecule has 110 valence electrons. The molecular weight excluding hydrogens is 300 g/mol. The summed E-state index contributed by atoms with van der Waals surface area (Å²) in [5, 5.41) is 11.8. The number of carbonyl (C=O) groups excluding carboxylic acids is 1. The highest BCUT2D eigenvalue weighted by atomic mass is 35.5. The number of urea groups is 1. The van der Waals surface area contributed by atoms with Crippen LogP contribution in [0.1, 0.15) is 30.7 Å². The number of carbonyl (C=O) groups is 2. The molecule has 0 aromatic carbocycles. The van der Waals surface area contributed by atoms with Gasteiger partial charge in [0.25, 0.3) is 0 Å². The molecule has 1 fully saturated rings. The standard InChI is InChI=1S/C13H17ClN2O3S/c1-8(10-2-3-11(14)20-10)15-13(19)16-6-4-9(5-7-16)12(17)18/h2-3,8-9H,4-7H2,1H3,(H,15,19)(H,17,18). The normalized spacial score (nSPS) is 17.8. The highest BCUT2D eigenvalue weighted by molar-refractivity contribution is 7.16. The number of nitrogens with zero attached hydrogens (tertiary/aromatic N) is 1. The van der Waals surface area contributed by atoms with Crippen LogP contribution in [0.25, 0.3) is 0 Å². The Morgan fingerprint density at radius 3 is 2.60 bits per heavy atom. The topological polar surface area (TPSA) is 69.6 Å². The van der Waals surface area contributed by atoms with Gasteiger partial charge in [-0.25, -0.2) is 4.79 Å². The Labute approximate surface area is 126 Å². The number of thiophene rings is 1. The van der Waals surface area contributed by atoms with E-state index in [4.69, 9.17) is 16.7 Å². The number of piperidine rings is 1. The van der Waals surface area contributed by atoms with E-state index in [1.54, 1.807) is 4.90 Å². The lowest BCUT2D eigenvalue weighted by Gasteiger charge is -2.31. The Balaban J connectivity index is 1.85. The first-order valence-electron chi connectivity index (χ1n) is 6.51. The molecular formula is C13H17ClN2O3S. The summed E-state index contributed by atoms with van der Waals surface area (Å²) in [6, 6.07) is 3.46. The molecule has 1 aromatic rings. The molecule has 0 saturated carbocycles. The van der Waals surface area contributed by atoms with Crippen LogP contribution >= 0.6 is 22.9 Å². The number of likely N-dealkylation sites (tertiary alicyclic amines) is 1. The largest absolute Gasteiger partial charge is 0.481 e. The van der Waals surface area contributed by atoms with Crippen LogP contribution in [-0.2, 0) is 4.79 Å². The maximum absolute atomic E-state index is 12.1. The molecule has 0 bridgehead atoms. The zero-order chi connectivity index (χ0) is 14.7. The third-order valence-corrected chi connectivity index (χ3v) is 4.91. The maximum Gasteiger partial charge on any atom is 0.317 e. The van der Waals surface area contributed by atoms with Gasteiger partial charge in [-0.15, -0.1) is 11.3 Å². The van der Waals surface area contributed by atoms with Gasteiger partial charge < -0.3 is 15.3 Å². The van der Waals surface area contributed by atoms with Crippen LogP contribution in [0.4, 0.5) is 4.79 Å². The molecule has 2 N–H and O–H groups in total. The summed E-state index contributed by atoms with van der Waals surface area (Å²) >= 11 is 7.32. The summed E-state index contributed by atoms with van der Waals surface area (Å²) in [6.07, 6.45) is 1.03. The summed E-state index contributed by atoms with van der Waals surface area (Å²) in [4.78, 5) is 25.6. The number of hydrogen-bond acceptors (Lipinski definition) is 3. The average Bonchev–Trinajstić information content (AvgIpc) is 2.85. The van der Waals surface area contributed by atoms with Crippen molar-refractivity contribution in [3.05, 3.63) is 21.3 Å². The molecule has 1 aliphatic heterocycles. The van der Waals surface area contributed by atoms with Crippen LogP contribution in [0, 0.1) is 5.92 Å². The molecule has 0 spiro atoms. The van der Waals surface area contributed by atoms with E-state index in [0.29, 0.717) is 30.3 Å². The lowest BCUT2D eigenvalue weighted by molar-refractivity contribution is -0.143. The molecule has 1 aromatic heterocycles. The van der Waals surface area contributed by atoms with Crippen LogP contribution in [0.15, 0.2) is 12.1 Å². The van der Waals surface area contributed by atoms with E-state index in [9.17, 15) is 9.59 Å². The summed E-state index contributed by atoms with van der Waals surface area (Å²) < 4.78 is 0.698. The van der Waals surface area contributed by atoms with Crippen molar-refractivity contribution in [3.63, 3.8) is 0 Å². The van der Waals surface area contributed by atoms with E-state index in [2.05, 4.69) is 5.32 Å². The third kappa shape index (κ3) is 3.64. The van der Waals surface area contributed by atoms with E-state index in [0.717, 1.165) is 4.88 Å². The van der Waals surface area contributed by atoms with Crippen molar-refractivity contribution in [1.82, 2.24) is 10.2 Å². The first kappa shape index (κ1) is 15.1. The molecule has 5 nitrogen and oxygen atoms in total. The number of rotatable bonds is 3. The van der Waals surface area contributed by atoms with Crippen LogP contribution in [0.5, 0.6) is 0 Å². The minimum absolute atomic E-state index is 0.0998. The average molecular weight is 317 g/mol. The molecule has 1 unspecified atom stereocenters. The Morgan fingerprint density at radius 2 is 2.10 bits per heavy atom. The van der Waals surface area contributed by atoms with Crippen molar-refractivity contribution in [2.75, 3.05) is 13.1 Å². The van der Waals surface area contributed by atoms with Gasteiger partial charge in [-0.05, 0) is 31.9 Å². The van der Waals surface area contributed by atoms with Crippen LogP contribution in [0.2, 0.25) is 4.34 Å². The van der Waals surface area contributed by atoms with Gasteiger partial charge in [-0.1, -0.05) is 11.6 Å². The van der Waals surface area contributed by atoms with Gasteiger partial charge in [-0.3, -0.25) is 4.79 Å². The predicted molar refractivity (Wildman–Crippen MR) is 78.2 cm³/mol. The number of amides is 2. The van der Waals surface area contributed by atoms with Gasteiger partial charge in [0, 0.05) is 18.0 Å². The predicted octanol–water partition coefficient (Wildman–Crippen LogP) is 2.97. The highest BCUT2D eigenvalue weighted by Gasteiger charge is 2.27. The molecule has 0 radical (unpaired) electrons. The molecule has 2 heterocycles. The maximum atomic E-state index is 12.1. The van der Waals surface area contributed by atoms with Crippen LogP contribution in [0.3, 0.4) is 0 Å². The molecule has 1 saturated heterocycles. The van der Waals surface area contributed by atoms with Crippen molar-refractivity contribution in [1.29, 1.82) is 0 Å². The molecule has 7 heteroatoms. The van der Waals surface area contributed by atoms with E-state index in [1.165, 1.54) is 11.3 Å². The number of aliphatic carboxylic acids is 1. The first-order chi connectivity index (χ1) is 9.47. The Kier molecular flexibility index (Phi) is 4.88. The molecule has 0 aliphatic carbocycles. The quantitative estimate of drug-likeness (QED) is 0.900. The minimum atomic E-state index is -0.772. The first-order valence-corrected chi connectivity index (χ1v) is 7.70. The molecule has 2 rings (SSSR count). The van der Waals surface area contributed by atoms with E-state index in [-0.39, 0.29) is 18.0 Å². The number of hydrogen-bond donors (Lipinski definition) is 2. The van der Waals surface area contributed by atoms with Crippen LogP contribution < -0.4 is 5.32 Å². The van der Waals surface area contributed by atoms with Gasteiger partial charge in [0.05, 0.1) is 16.3 Å². The molecule has 1 aliphatic rings. The zero-order valence-corrected chi connectivity index (χ0v) is 12.7. The van der Waals surface area contributed by atoms with Gasteiger partial charge in [0.15, 0.2) is 0 Å². The second-order valence-corrected chi connectivity index (χ2v) is 6.66. The number of carboxylic acids is 1. The van der Waals surface area contributed by atoms with Gasteiger partial charge in [-0.2, -0.15) is 0 Å². The van der Waals surface area contributed by atoms with Crippen molar-refractivity contribution in [2.45, 2.75) is 25.8 Å². The molecule has 1 atom stereocenters. The lowest BCUT2D eigenvalue weighted by Crippen LogP contribution is -2.46. The van der Waals surface area contributed by atoms with Gasteiger partial charge in [0.1, 0.15) is 0 Å². The summed E-state index contributed by atoms with van der Waals surface area (Å²) in [7, 11) is 0. The molecule has 2 amide bonds. The SMILES string of the molecule is CC(NC(=O)N1CCC(C(=O)O)CC1)c1ccc(Cl)s1. The van der Waals surface area contributed by atoms with E-state index in [1.807, 2.05) is 19.1 Å². The zero-order valence-electron chi connectivity index (χ0n) is 11.1.